The number of thioether (sulfide) groups is 1. The van der Waals surface area contributed by atoms with Gasteiger partial charge in [-0.05, 0) is 63.4 Å². The van der Waals surface area contributed by atoms with Crippen molar-refractivity contribution in [1.82, 2.24) is 15.5 Å². The van der Waals surface area contributed by atoms with Crippen molar-refractivity contribution in [3.05, 3.63) is 22.4 Å². The van der Waals surface area contributed by atoms with E-state index in [0.29, 0.717) is 6.04 Å². The molecule has 0 amide bonds. The highest BCUT2D eigenvalue weighted by atomic mass is 127. The summed E-state index contributed by atoms with van der Waals surface area (Å²) in [6.07, 6.45) is 7.01. The van der Waals surface area contributed by atoms with E-state index < -0.39 is 0 Å². The van der Waals surface area contributed by atoms with E-state index in [9.17, 15) is 0 Å². The number of hydrogen-bond acceptors (Lipinski definition) is 5. The maximum Gasteiger partial charge on any atom is 0.191 e. The van der Waals surface area contributed by atoms with Gasteiger partial charge < -0.3 is 15.4 Å². The van der Waals surface area contributed by atoms with E-state index >= 15 is 0 Å². The fourth-order valence-corrected chi connectivity index (χ4v) is 5.50. The van der Waals surface area contributed by atoms with Gasteiger partial charge in [-0.25, -0.2) is 0 Å². The molecule has 5 nitrogen and oxygen atoms in total. The Morgan fingerprint density at radius 3 is 2.68 bits per heavy atom. The van der Waals surface area contributed by atoms with E-state index in [1.165, 1.54) is 30.8 Å². The lowest BCUT2D eigenvalue weighted by atomic mass is 9.99. The van der Waals surface area contributed by atoms with Crippen LogP contribution in [-0.4, -0.2) is 67.8 Å². The maximum atomic E-state index is 5.56. The average molecular weight is 539 g/mol. The Kier molecular flexibility index (Phi) is 10.9. The Bertz CT molecular complexity index is 573. The molecule has 0 bridgehead atoms. The van der Waals surface area contributed by atoms with Crippen molar-refractivity contribution in [1.29, 1.82) is 0 Å². The molecule has 1 aromatic rings. The van der Waals surface area contributed by atoms with E-state index in [1.54, 1.807) is 0 Å². The molecule has 0 radical (unpaired) electrons. The van der Waals surface area contributed by atoms with Gasteiger partial charge in [-0.3, -0.25) is 9.89 Å². The number of likely N-dealkylation sites (tertiary alicyclic amines) is 1. The number of ether oxygens (including phenoxy) is 1. The van der Waals surface area contributed by atoms with Gasteiger partial charge in [0.1, 0.15) is 0 Å². The molecule has 2 saturated heterocycles. The molecule has 28 heavy (non-hydrogen) atoms. The van der Waals surface area contributed by atoms with Crippen LogP contribution in [0.2, 0.25) is 0 Å². The first-order valence-corrected chi connectivity index (χ1v) is 12.3. The average Bonchev–Trinajstić information content (AvgIpc) is 3.42. The number of nitrogens with zero attached hydrogens (tertiary/aromatic N) is 2. The third kappa shape index (κ3) is 6.75. The summed E-state index contributed by atoms with van der Waals surface area (Å²) in [6, 6.07) is 4.87. The summed E-state index contributed by atoms with van der Waals surface area (Å²) in [5.74, 6) is 0.943. The summed E-state index contributed by atoms with van der Waals surface area (Å²) in [4.78, 5) is 9.03. The smallest absolute Gasteiger partial charge is 0.191 e. The first-order valence-electron chi connectivity index (χ1n) is 10.2. The molecule has 2 aliphatic heterocycles. The van der Waals surface area contributed by atoms with Crippen LogP contribution in [0.1, 0.15) is 43.5 Å². The number of guanidine groups is 1. The molecule has 0 aliphatic carbocycles. The molecule has 0 aromatic carbocycles. The maximum absolute atomic E-state index is 5.56. The normalized spacial score (nSPS) is 21.1. The molecule has 160 valence electrons. The quantitative estimate of drug-likeness (QED) is 0.298. The molecule has 2 aliphatic rings. The van der Waals surface area contributed by atoms with Crippen molar-refractivity contribution in [2.75, 3.05) is 52.2 Å². The number of nitrogens with one attached hydrogen (secondary N) is 2. The van der Waals surface area contributed by atoms with Crippen molar-refractivity contribution in [2.45, 2.75) is 43.4 Å². The van der Waals surface area contributed by atoms with Crippen LogP contribution in [0.4, 0.5) is 0 Å². The highest BCUT2D eigenvalue weighted by Crippen LogP contribution is 2.34. The molecule has 0 spiro atoms. The molecular formula is C20H35IN4OS2. The molecule has 8 heteroatoms. The Labute approximate surface area is 195 Å². The first kappa shape index (κ1) is 24.2. The minimum Gasteiger partial charge on any atom is -0.381 e. The summed E-state index contributed by atoms with van der Waals surface area (Å²) >= 11 is 3.81. The van der Waals surface area contributed by atoms with Gasteiger partial charge in [0.2, 0.25) is 0 Å². The van der Waals surface area contributed by atoms with Gasteiger partial charge in [-0.2, -0.15) is 11.8 Å². The second-order valence-corrected chi connectivity index (χ2v) is 9.60. The Morgan fingerprint density at radius 2 is 2.07 bits per heavy atom. The molecule has 1 atom stereocenters. The summed E-state index contributed by atoms with van der Waals surface area (Å²) in [7, 11) is 0. The zero-order valence-electron chi connectivity index (χ0n) is 17.1. The summed E-state index contributed by atoms with van der Waals surface area (Å²) in [6.45, 7) is 8.89. The predicted molar refractivity (Wildman–Crippen MR) is 134 cm³/mol. The second-order valence-electron chi connectivity index (χ2n) is 7.35. The van der Waals surface area contributed by atoms with E-state index in [4.69, 9.17) is 9.73 Å². The molecule has 2 fully saturated rings. The van der Waals surface area contributed by atoms with E-state index in [-0.39, 0.29) is 28.7 Å². The lowest BCUT2D eigenvalue weighted by Crippen LogP contribution is -2.44. The minimum absolute atomic E-state index is 0. The monoisotopic (exact) mass is 538 g/mol. The minimum atomic E-state index is 0. The largest absolute Gasteiger partial charge is 0.381 e. The van der Waals surface area contributed by atoms with Crippen molar-refractivity contribution < 1.29 is 4.74 Å². The number of rotatable bonds is 8. The highest BCUT2D eigenvalue weighted by molar-refractivity contribution is 14.0. The molecule has 3 heterocycles. The van der Waals surface area contributed by atoms with Gasteiger partial charge in [0.15, 0.2) is 5.96 Å². The summed E-state index contributed by atoms with van der Waals surface area (Å²) < 4.78 is 5.79. The van der Waals surface area contributed by atoms with E-state index in [2.05, 4.69) is 46.2 Å². The third-order valence-electron chi connectivity index (χ3n) is 5.62. The Hall–Kier alpha value is -0.0300. The van der Waals surface area contributed by atoms with Crippen molar-refractivity contribution in [3.8, 4) is 0 Å². The van der Waals surface area contributed by atoms with Crippen molar-refractivity contribution in [3.63, 3.8) is 0 Å². The molecule has 1 unspecified atom stereocenters. The van der Waals surface area contributed by atoms with Gasteiger partial charge in [0.25, 0.3) is 0 Å². The standard InChI is InChI=1S/C20H34N4OS2.HI/c1-3-21-19(23-16-20(26-2)8-12-25-13-9-20)22-15-17(18-7-6-14-27-18)24-10-4-5-11-24;/h6-7,14,17H,3-5,8-13,15-16H2,1-2H3,(H2,21,22,23);1H. The van der Waals surface area contributed by atoms with Gasteiger partial charge >= 0.3 is 0 Å². The molecule has 3 rings (SSSR count). The highest BCUT2D eigenvalue weighted by Gasteiger charge is 2.31. The van der Waals surface area contributed by atoms with Crippen LogP contribution in [0.5, 0.6) is 0 Å². The second kappa shape index (κ2) is 12.6. The van der Waals surface area contributed by atoms with Crippen molar-refractivity contribution >= 4 is 53.0 Å². The lowest BCUT2D eigenvalue weighted by molar-refractivity contribution is 0.0794. The lowest BCUT2D eigenvalue weighted by Gasteiger charge is -2.34. The number of aliphatic imine (C=N–C) groups is 1. The Balaban J connectivity index is 0.00000280. The zero-order valence-corrected chi connectivity index (χ0v) is 21.1. The Morgan fingerprint density at radius 1 is 1.32 bits per heavy atom. The zero-order chi connectivity index (χ0) is 19.0. The number of hydrogen-bond donors (Lipinski definition) is 2. The van der Waals surface area contributed by atoms with E-state index in [1.807, 2.05) is 23.1 Å². The van der Waals surface area contributed by atoms with Crippen LogP contribution < -0.4 is 10.6 Å². The van der Waals surface area contributed by atoms with Gasteiger partial charge in [0, 0.05) is 35.9 Å². The fourth-order valence-electron chi connectivity index (χ4n) is 3.87. The third-order valence-corrected chi connectivity index (χ3v) is 8.00. The SMILES string of the molecule is CCNC(=NCC1(SC)CCOCC1)NCC(c1cccs1)N1CCCC1.I. The van der Waals surface area contributed by atoms with Gasteiger partial charge in [-0.15, -0.1) is 35.3 Å². The summed E-state index contributed by atoms with van der Waals surface area (Å²) in [5, 5.41) is 9.25. The molecule has 1 aromatic heterocycles. The van der Waals surface area contributed by atoms with Crippen LogP contribution in [0.15, 0.2) is 22.5 Å². The molecule has 2 N–H and O–H groups in total. The van der Waals surface area contributed by atoms with Crippen LogP contribution >= 0.6 is 47.1 Å². The van der Waals surface area contributed by atoms with Gasteiger partial charge in [-0.1, -0.05) is 6.07 Å². The topological polar surface area (TPSA) is 48.9 Å². The van der Waals surface area contributed by atoms with Crippen LogP contribution in [0.3, 0.4) is 0 Å². The predicted octanol–water partition coefficient (Wildman–Crippen LogP) is 3.97. The van der Waals surface area contributed by atoms with Crippen LogP contribution in [0, 0.1) is 0 Å². The fraction of sp³-hybridized carbons (Fsp3) is 0.750. The van der Waals surface area contributed by atoms with Crippen LogP contribution in [-0.2, 0) is 4.74 Å². The first-order chi connectivity index (χ1) is 13.3. The van der Waals surface area contributed by atoms with Crippen molar-refractivity contribution in [2.24, 2.45) is 4.99 Å². The van der Waals surface area contributed by atoms with Crippen LogP contribution in [0.25, 0.3) is 0 Å². The molecule has 0 saturated carbocycles. The number of thiophene rings is 1. The molecular weight excluding hydrogens is 503 g/mol. The summed E-state index contributed by atoms with van der Waals surface area (Å²) in [5.41, 5.74) is 0. The van der Waals surface area contributed by atoms with E-state index in [0.717, 1.165) is 51.6 Å². The number of halogens is 1. The van der Waals surface area contributed by atoms with Gasteiger partial charge in [0.05, 0.1) is 12.6 Å².